The van der Waals surface area contributed by atoms with Crippen LogP contribution < -0.4 is 5.32 Å². The SMILES string of the molecule is O=C(O)c1csc(CNc2c(Cl)ccc3scnc23)c1. The van der Waals surface area contributed by atoms with E-state index in [9.17, 15) is 4.79 Å². The summed E-state index contributed by atoms with van der Waals surface area (Å²) in [6.45, 7) is 0.522. The standard InChI is InChI=1S/C13H9ClN2O2S2/c14-9-1-2-10-12(16-6-20-10)11(9)15-4-8-3-7(5-19-8)13(17)18/h1-3,5-6,15H,4H2,(H,17,18). The fourth-order valence-corrected chi connectivity index (χ4v) is 3.54. The molecule has 2 heterocycles. The summed E-state index contributed by atoms with van der Waals surface area (Å²) in [7, 11) is 0. The summed E-state index contributed by atoms with van der Waals surface area (Å²) in [6, 6.07) is 5.44. The first-order chi connectivity index (χ1) is 9.65. The number of nitrogens with zero attached hydrogens (tertiary/aromatic N) is 1. The number of carboxylic acids is 1. The first-order valence-electron chi connectivity index (χ1n) is 5.71. The molecule has 0 saturated heterocycles. The zero-order chi connectivity index (χ0) is 14.1. The highest BCUT2D eigenvalue weighted by atomic mass is 35.5. The monoisotopic (exact) mass is 324 g/mol. The van der Waals surface area contributed by atoms with E-state index < -0.39 is 5.97 Å². The van der Waals surface area contributed by atoms with Crippen molar-refractivity contribution in [1.82, 2.24) is 4.98 Å². The van der Waals surface area contributed by atoms with E-state index in [0.717, 1.165) is 20.8 Å². The zero-order valence-electron chi connectivity index (χ0n) is 10.1. The van der Waals surface area contributed by atoms with Crippen LogP contribution in [0, 0.1) is 0 Å². The molecule has 0 radical (unpaired) electrons. The van der Waals surface area contributed by atoms with Gasteiger partial charge in [-0.1, -0.05) is 11.6 Å². The topological polar surface area (TPSA) is 62.2 Å². The third-order valence-electron chi connectivity index (χ3n) is 2.79. The van der Waals surface area contributed by atoms with E-state index in [0.29, 0.717) is 17.1 Å². The molecule has 2 N–H and O–H groups in total. The van der Waals surface area contributed by atoms with Crippen LogP contribution in [-0.2, 0) is 6.54 Å². The number of carboxylic acid groups (broad SMARTS) is 1. The predicted molar refractivity (Wildman–Crippen MR) is 83.2 cm³/mol. The molecule has 102 valence electrons. The number of hydrogen-bond donors (Lipinski definition) is 2. The Hall–Kier alpha value is -1.63. The van der Waals surface area contributed by atoms with Crippen molar-refractivity contribution in [3.05, 3.63) is 44.6 Å². The molecule has 0 fully saturated rings. The fraction of sp³-hybridized carbons (Fsp3) is 0.0769. The minimum absolute atomic E-state index is 0.310. The number of thiazole rings is 1. The molecular formula is C13H9ClN2O2S2. The first-order valence-corrected chi connectivity index (χ1v) is 7.85. The molecule has 0 atom stereocenters. The quantitative estimate of drug-likeness (QED) is 0.750. The van der Waals surface area contributed by atoms with E-state index >= 15 is 0 Å². The van der Waals surface area contributed by atoms with Gasteiger partial charge in [-0.05, 0) is 18.2 Å². The summed E-state index contributed by atoms with van der Waals surface area (Å²) in [6.07, 6.45) is 0. The number of thiophene rings is 1. The van der Waals surface area contributed by atoms with Gasteiger partial charge < -0.3 is 10.4 Å². The van der Waals surface area contributed by atoms with Crippen LogP contribution in [0.5, 0.6) is 0 Å². The highest BCUT2D eigenvalue weighted by Crippen LogP contribution is 2.32. The van der Waals surface area contributed by atoms with E-state index in [4.69, 9.17) is 16.7 Å². The minimum atomic E-state index is -0.910. The van der Waals surface area contributed by atoms with Crippen molar-refractivity contribution in [3.63, 3.8) is 0 Å². The maximum absolute atomic E-state index is 10.8. The van der Waals surface area contributed by atoms with Gasteiger partial charge in [-0.2, -0.15) is 0 Å². The van der Waals surface area contributed by atoms with E-state index in [1.165, 1.54) is 11.3 Å². The summed E-state index contributed by atoms with van der Waals surface area (Å²) in [5.74, 6) is -0.910. The van der Waals surface area contributed by atoms with Crippen LogP contribution in [0.15, 0.2) is 29.1 Å². The van der Waals surface area contributed by atoms with Crippen molar-refractivity contribution in [2.24, 2.45) is 0 Å². The molecule has 2 aromatic heterocycles. The maximum Gasteiger partial charge on any atom is 0.336 e. The van der Waals surface area contributed by atoms with Gasteiger partial charge in [0, 0.05) is 16.8 Å². The van der Waals surface area contributed by atoms with E-state index in [2.05, 4.69) is 10.3 Å². The maximum atomic E-state index is 10.8. The molecule has 7 heteroatoms. The van der Waals surface area contributed by atoms with Crippen LogP contribution in [-0.4, -0.2) is 16.1 Å². The van der Waals surface area contributed by atoms with Gasteiger partial charge in [-0.25, -0.2) is 9.78 Å². The van der Waals surface area contributed by atoms with Crippen LogP contribution >= 0.6 is 34.3 Å². The van der Waals surface area contributed by atoms with Crippen LogP contribution in [0.2, 0.25) is 5.02 Å². The van der Waals surface area contributed by atoms with Gasteiger partial charge in [-0.15, -0.1) is 22.7 Å². The predicted octanol–water partition coefficient (Wildman–Crippen LogP) is 4.32. The van der Waals surface area contributed by atoms with E-state index in [-0.39, 0.29) is 0 Å². The number of aromatic carboxylic acids is 1. The molecule has 20 heavy (non-hydrogen) atoms. The molecule has 0 saturated carbocycles. The average molecular weight is 325 g/mol. The van der Waals surface area contributed by atoms with Gasteiger partial charge in [0.15, 0.2) is 0 Å². The summed E-state index contributed by atoms with van der Waals surface area (Å²) in [4.78, 5) is 16.1. The van der Waals surface area contributed by atoms with Crippen molar-refractivity contribution in [3.8, 4) is 0 Å². The Kier molecular flexibility index (Phi) is 3.60. The van der Waals surface area contributed by atoms with Gasteiger partial charge in [0.2, 0.25) is 0 Å². The van der Waals surface area contributed by atoms with Crippen LogP contribution in [0.3, 0.4) is 0 Å². The number of aromatic nitrogens is 1. The molecule has 0 aliphatic carbocycles. The molecule has 0 bridgehead atoms. The number of benzene rings is 1. The number of hydrogen-bond acceptors (Lipinski definition) is 5. The Morgan fingerprint density at radius 3 is 3.00 bits per heavy atom. The summed E-state index contributed by atoms with van der Waals surface area (Å²) in [5, 5.41) is 14.4. The highest BCUT2D eigenvalue weighted by molar-refractivity contribution is 7.16. The summed E-state index contributed by atoms with van der Waals surface area (Å²) >= 11 is 9.15. The van der Waals surface area contributed by atoms with E-state index in [1.807, 2.05) is 12.1 Å². The summed E-state index contributed by atoms with van der Waals surface area (Å²) in [5.41, 5.74) is 3.72. The van der Waals surface area contributed by atoms with Crippen molar-refractivity contribution >= 4 is 56.1 Å². The van der Waals surface area contributed by atoms with Gasteiger partial charge in [-0.3, -0.25) is 0 Å². The Balaban J connectivity index is 1.84. The lowest BCUT2D eigenvalue weighted by atomic mass is 10.2. The molecule has 0 unspecified atom stereocenters. The Labute approximate surface area is 127 Å². The number of nitrogens with one attached hydrogen (secondary N) is 1. The molecule has 0 amide bonds. The lowest BCUT2D eigenvalue weighted by Gasteiger charge is -2.07. The van der Waals surface area contributed by atoms with Crippen LogP contribution in [0.4, 0.5) is 5.69 Å². The van der Waals surface area contributed by atoms with Crippen LogP contribution in [0.1, 0.15) is 15.2 Å². The molecular weight excluding hydrogens is 316 g/mol. The van der Waals surface area contributed by atoms with E-state index in [1.54, 1.807) is 28.3 Å². The molecule has 0 aliphatic heterocycles. The lowest BCUT2D eigenvalue weighted by Crippen LogP contribution is -1.99. The first kappa shape index (κ1) is 13.4. The Morgan fingerprint density at radius 2 is 2.25 bits per heavy atom. The molecule has 0 aliphatic rings. The average Bonchev–Trinajstić information content (AvgIpc) is 3.05. The third-order valence-corrected chi connectivity index (χ3v) is 4.84. The van der Waals surface area contributed by atoms with Gasteiger partial charge in [0.1, 0.15) is 5.52 Å². The number of rotatable bonds is 4. The molecule has 3 rings (SSSR count). The second kappa shape index (κ2) is 5.40. The lowest BCUT2D eigenvalue weighted by molar-refractivity contribution is 0.0697. The Morgan fingerprint density at radius 1 is 1.40 bits per heavy atom. The second-order valence-corrected chi connectivity index (χ2v) is 6.37. The highest BCUT2D eigenvalue weighted by Gasteiger charge is 2.10. The fourth-order valence-electron chi connectivity index (χ4n) is 1.84. The second-order valence-electron chi connectivity index (χ2n) is 4.08. The number of halogens is 1. The number of fused-ring (bicyclic) bond motifs is 1. The number of carbonyl (C=O) groups is 1. The smallest absolute Gasteiger partial charge is 0.336 e. The zero-order valence-corrected chi connectivity index (χ0v) is 12.5. The van der Waals surface area contributed by atoms with Gasteiger partial charge >= 0.3 is 5.97 Å². The molecule has 0 spiro atoms. The van der Waals surface area contributed by atoms with Crippen molar-refractivity contribution < 1.29 is 9.90 Å². The van der Waals surface area contributed by atoms with Crippen LogP contribution in [0.25, 0.3) is 10.2 Å². The van der Waals surface area contributed by atoms with Gasteiger partial charge in [0.05, 0.1) is 26.5 Å². The van der Waals surface area contributed by atoms with Crippen molar-refractivity contribution in [1.29, 1.82) is 0 Å². The molecule has 4 nitrogen and oxygen atoms in total. The largest absolute Gasteiger partial charge is 0.478 e. The summed E-state index contributed by atoms with van der Waals surface area (Å²) < 4.78 is 1.06. The normalized spacial score (nSPS) is 10.8. The minimum Gasteiger partial charge on any atom is -0.478 e. The molecule has 3 aromatic rings. The van der Waals surface area contributed by atoms with Crippen molar-refractivity contribution in [2.45, 2.75) is 6.54 Å². The third kappa shape index (κ3) is 2.49. The van der Waals surface area contributed by atoms with Gasteiger partial charge in [0.25, 0.3) is 0 Å². The van der Waals surface area contributed by atoms with Crippen molar-refractivity contribution in [2.75, 3.05) is 5.32 Å². The Bertz CT molecular complexity index is 782. The number of anilines is 1. The molecule has 1 aromatic carbocycles.